The maximum Gasteiger partial charge on any atom is 0.241 e. The third-order valence-electron chi connectivity index (χ3n) is 2.76. The molecule has 1 saturated heterocycles. The minimum Gasteiger partial charge on any atom is -0.322 e. The molecule has 1 aromatic carbocycles. The molecular formula is C12H16ClFN2O. The third-order valence-corrected chi connectivity index (χ3v) is 2.76. The van der Waals surface area contributed by atoms with E-state index in [4.69, 9.17) is 0 Å². The molecular weight excluding hydrogens is 243 g/mol. The van der Waals surface area contributed by atoms with Crippen LogP contribution < -0.4 is 10.6 Å². The van der Waals surface area contributed by atoms with Gasteiger partial charge >= 0.3 is 0 Å². The van der Waals surface area contributed by atoms with Crippen molar-refractivity contribution in [2.24, 2.45) is 0 Å². The molecule has 1 aliphatic rings. The van der Waals surface area contributed by atoms with Gasteiger partial charge in [-0.3, -0.25) is 4.79 Å². The van der Waals surface area contributed by atoms with Crippen molar-refractivity contribution >= 4 is 24.0 Å². The van der Waals surface area contributed by atoms with Crippen molar-refractivity contribution in [3.63, 3.8) is 0 Å². The number of halogens is 2. The number of benzene rings is 1. The number of carbonyl (C=O) groups is 1. The van der Waals surface area contributed by atoms with Crippen molar-refractivity contribution in [1.29, 1.82) is 0 Å². The van der Waals surface area contributed by atoms with Crippen molar-refractivity contribution in [1.82, 2.24) is 5.32 Å². The van der Waals surface area contributed by atoms with Gasteiger partial charge in [0.1, 0.15) is 5.82 Å². The van der Waals surface area contributed by atoms with Gasteiger partial charge in [0.25, 0.3) is 0 Å². The van der Waals surface area contributed by atoms with Crippen LogP contribution in [0.2, 0.25) is 0 Å². The summed E-state index contributed by atoms with van der Waals surface area (Å²) in [5.74, 6) is -0.543. The molecule has 3 nitrogen and oxygen atoms in total. The van der Waals surface area contributed by atoms with Gasteiger partial charge in [-0.2, -0.15) is 0 Å². The van der Waals surface area contributed by atoms with Crippen LogP contribution in [0.3, 0.4) is 0 Å². The molecule has 17 heavy (non-hydrogen) atoms. The molecule has 5 heteroatoms. The molecule has 1 aromatic rings. The van der Waals surface area contributed by atoms with Gasteiger partial charge in [-0.25, -0.2) is 4.39 Å². The summed E-state index contributed by atoms with van der Waals surface area (Å²) in [6.45, 7) is 2.72. The molecule has 1 fully saturated rings. The van der Waals surface area contributed by atoms with Crippen molar-refractivity contribution in [2.45, 2.75) is 25.8 Å². The van der Waals surface area contributed by atoms with E-state index in [0.717, 1.165) is 24.9 Å². The van der Waals surface area contributed by atoms with E-state index in [2.05, 4.69) is 10.6 Å². The summed E-state index contributed by atoms with van der Waals surface area (Å²) in [4.78, 5) is 11.7. The van der Waals surface area contributed by atoms with E-state index in [1.807, 2.05) is 6.92 Å². The Morgan fingerprint density at radius 1 is 1.53 bits per heavy atom. The predicted octanol–water partition coefficient (Wildman–Crippen LogP) is 2.25. The molecule has 1 atom stereocenters. The van der Waals surface area contributed by atoms with Crippen LogP contribution in [0.1, 0.15) is 18.4 Å². The summed E-state index contributed by atoms with van der Waals surface area (Å²) in [5.41, 5.74) is 1.19. The monoisotopic (exact) mass is 258 g/mol. The molecule has 1 aliphatic heterocycles. The molecule has 1 heterocycles. The van der Waals surface area contributed by atoms with E-state index in [0.29, 0.717) is 0 Å². The van der Waals surface area contributed by atoms with Crippen molar-refractivity contribution in [3.8, 4) is 0 Å². The lowest BCUT2D eigenvalue weighted by Crippen LogP contribution is -2.35. The molecule has 1 amide bonds. The second-order valence-electron chi connectivity index (χ2n) is 4.12. The zero-order valence-electron chi connectivity index (χ0n) is 9.63. The average molecular weight is 259 g/mol. The number of aryl methyl sites for hydroxylation is 1. The predicted molar refractivity (Wildman–Crippen MR) is 68.0 cm³/mol. The summed E-state index contributed by atoms with van der Waals surface area (Å²) in [5, 5.41) is 5.69. The van der Waals surface area contributed by atoms with Gasteiger partial charge < -0.3 is 10.6 Å². The molecule has 0 aromatic heterocycles. The first-order valence-electron chi connectivity index (χ1n) is 5.47. The fourth-order valence-corrected chi connectivity index (χ4v) is 1.86. The Labute approximate surface area is 106 Å². The number of amides is 1. The Bertz CT molecular complexity index is 405. The Morgan fingerprint density at radius 2 is 2.29 bits per heavy atom. The van der Waals surface area contributed by atoms with E-state index in [9.17, 15) is 9.18 Å². The highest BCUT2D eigenvalue weighted by Crippen LogP contribution is 2.17. The zero-order chi connectivity index (χ0) is 11.5. The molecule has 2 rings (SSSR count). The van der Waals surface area contributed by atoms with Crippen LogP contribution in [-0.2, 0) is 4.79 Å². The topological polar surface area (TPSA) is 41.1 Å². The lowest BCUT2D eigenvalue weighted by molar-refractivity contribution is -0.117. The first-order valence-corrected chi connectivity index (χ1v) is 5.47. The molecule has 0 radical (unpaired) electrons. The minimum absolute atomic E-state index is 0. The minimum atomic E-state index is -0.392. The molecule has 0 unspecified atom stereocenters. The average Bonchev–Trinajstić information content (AvgIpc) is 2.76. The Balaban J connectivity index is 0.00000144. The Hall–Kier alpha value is -1.13. The van der Waals surface area contributed by atoms with E-state index < -0.39 is 5.82 Å². The lowest BCUT2D eigenvalue weighted by atomic mass is 10.2. The van der Waals surface area contributed by atoms with Crippen LogP contribution in [0.15, 0.2) is 18.2 Å². The summed E-state index contributed by atoms with van der Waals surface area (Å²) < 4.78 is 13.4. The quantitative estimate of drug-likeness (QED) is 0.854. The Morgan fingerprint density at radius 3 is 2.94 bits per heavy atom. The van der Waals surface area contributed by atoms with Gasteiger partial charge in [0.2, 0.25) is 5.91 Å². The number of nitrogens with one attached hydrogen (secondary N) is 2. The molecule has 0 saturated carbocycles. The van der Waals surface area contributed by atoms with E-state index in [1.165, 1.54) is 6.07 Å². The highest BCUT2D eigenvalue weighted by Gasteiger charge is 2.22. The molecule has 0 aliphatic carbocycles. The first-order chi connectivity index (χ1) is 7.66. The van der Waals surface area contributed by atoms with Crippen molar-refractivity contribution in [2.75, 3.05) is 11.9 Å². The van der Waals surface area contributed by atoms with E-state index in [-0.39, 0.29) is 30.0 Å². The number of carbonyl (C=O) groups excluding carboxylic acids is 1. The Kier molecular flexibility index (Phi) is 4.90. The van der Waals surface area contributed by atoms with Gasteiger partial charge in [-0.05, 0) is 44.0 Å². The van der Waals surface area contributed by atoms with Crippen molar-refractivity contribution < 1.29 is 9.18 Å². The molecule has 0 spiro atoms. The smallest absolute Gasteiger partial charge is 0.241 e. The highest BCUT2D eigenvalue weighted by atomic mass is 35.5. The zero-order valence-corrected chi connectivity index (χ0v) is 10.4. The van der Waals surface area contributed by atoms with Gasteiger partial charge in [0.15, 0.2) is 0 Å². The maximum atomic E-state index is 13.4. The molecule has 0 bridgehead atoms. The fraction of sp³-hybridized carbons (Fsp3) is 0.417. The molecule has 94 valence electrons. The highest BCUT2D eigenvalue weighted by molar-refractivity contribution is 5.95. The normalized spacial score (nSPS) is 18.6. The van der Waals surface area contributed by atoms with Crippen LogP contribution in [0.4, 0.5) is 10.1 Å². The van der Waals surface area contributed by atoms with Gasteiger partial charge in [0.05, 0.1) is 11.7 Å². The number of hydrogen-bond donors (Lipinski definition) is 2. The maximum absolute atomic E-state index is 13.4. The summed E-state index contributed by atoms with van der Waals surface area (Å²) in [6.07, 6.45) is 1.81. The van der Waals surface area contributed by atoms with Crippen LogP contribution in [0.25, 0.3) is 0 Å². The van der Waals surface area contributed by atoms with Gasteiger partial charge in [-0.15, -0.1) is 12.4 Å². The van der Waals surface area contributed by atoms with Crippen LogP contribution >= 0.6 is 12.4 Å². The van der Waals surface area contributed by atoms with Crippen molar-refractivity contribution in [3.05, 3.63) is 29.6 Å². The summed E-state index contributed by atoms with van der Waals surface area (Å²) in [6, 6.07) is 4.51. The fourth-order valence-electron chi connectivity index (χ4n) is 1.86. The third kappa shape index (κ3) is 3.41. The number of rotatable bonds is 2. The van der Waals surface area contributed by atoms with E-state index >= 15 is 0 Å². The summed E-state index contributed by atoms with van der Waals surface area (Å²) in [7, 11) is 0. The second-order valence-corrected chi connectivity index (χ2v) is 4.12. The number of hydrogen-bond acceptors (Lipinski definition) is 2. The van der Waals surface area contributed by atoms with Crippen LogP contribution in [-0.4, -0.2) is 18.5 Å². The SMILES string of the molecule is Cc1ccc(F)c(NC(=O)[C@@H]2CCCN2)c1.Cl. The standard InChI is InChI=1S/C12H15FN2O.ClH/c1-8-4-5-9(13)11(7-8)15-12(16)10-3-2-6-14-10;/h4-5,7,10,14H,2-3,6H2,1H3,(H,15,16);1H/t10-;/m0./s1. The summed E-state index contributed by atoms with van der Waals surface area (Å²) >= 11 is 0. The van der Waals surface area contributed by atoms with Crippen LogP contribution in [0.5, 0.6) is 0 Å². The van der Waals surface area contributed by atoms with Crippen LogP contribution in [0, 0.1) is 12.7 Å². The lowest BCUT2D eigenvalue weighted by Gasteiger charge is -2.12. The molecule has 2 N–H and O–H groups in total. The van der Waals surface area contributed by atoms with Gasteiger partial charge in [-0.1, -0.05) is 6.07 Å². The second kappa shape index (κ2) is 5.98. The largest absolute Gasteiger partial charge is 0.322 e. The first kappa shape index (κ1) is 13.9. The number of anilines is 1. The van der Waals surface area contributed by atoms with Gasteiger partial charge in [0, 0.05) is 0 Å². The van der Waals surface area contributed by atoms with E-state index in [1.54, 1.807) is 12.1 Å².